The van der Waals surface area contributed by atoms with Crippen LogP contribution in [0.25, 0.3) is 0 Å². The second-order valence-electron chi connectivity index (χ2n) is 6.05. The Hall–Kier alpha value is -1.65. The van der Waals surface area contributed by atoms with E-state index in [0.717, 1.165) is 18.9 Å². The van der Waals surface area contributed by atoms with E-state index in [4.69, 9.17) is 0 Å². The van der Waals surface area contributed by atoms with Gasteiger partial charge in [0.2, 0.25) is 0 Å². The van der Waals surface area contributed by atoms with Crippen LogP contribution in [0.2, 0.25) is 0 Å². The lowest BCUT2D eigenvalue weighted by Gasteiger charge is -2.27. The molecular formula is C14H21N3O2. The Bertz CT molecular complexity index is 451. The number of carbonyl (C=O) groups excluding carboxylic acids is 1. The van der Waals surface area contributed by atoms with Gasteiger partial charge in [0.15, 0.2) is 5.69 Å². The number of aromatic nitrogens is 2. The molecule has 1 fully saturated rings. The van der Waals surface area contributed by atoms with E-state index < -0.39 is 5.97 Å². The summed E-state index contributed by atoms with van der Waals surface area (Å²) in [5, 5.41) is 0. The van der Waals surface area contributed by atoms with Gasteiger partial charge in [-0.2, -0.15) is 0 Å². The molecule has 1 aromatic rings. The Kier molecular flexibility index (Phi) is 3.73. The van der Waals surface area contributed by atoms with Crippen molar-refractivity contribution in [1.29, 1.82) is 0 Å². The first-order chi connectivity index (χ1) is 8.91. The molecule has 0 amide bonds. The van der Waals surface area contributed by atoms with Crippen molar-refractivity contribution >= 4 is 11.8 Å². The Labute approximate surface area is 114 Å². The minimum absolute atomic E-state index is 0.248. The molecule has 2 heterocycles. The maximum Gasteiger partial charge on any atom is 0.358 e. The minimum atomic E-state index is -0.451. The van der Waals surface area contributed by atoms with Crippen LogP contribution in [-0.4, -0.2) is 36.1 Å². The van der Waals surface area contributed by atoms with Gasteiger partial charge in [-0.05, 0) is 17.8 Å². The Morgan fingerprint density at radius 2 is 2.11 bits per heavy atom. The summed E-state index contributed by atoms with van der Waals surface area (Å²) in [6.07, 6.45) is 4.30. The highest BCUT2D eigenvalue weighted by Crippen LogP contribution is 2.34. The van der Waals surface area contributed by atoms with Crippen LogP contribution < -0.4 is 4.90 Å². The minimum Gasteiger partial charge on any atom is -0.464 e. The zero-order valence-electron chi connectivity index (χ0n) is 12.0. The monoisotopic (exact) mass is 263 g/mol. The van der Waals surface area contributed by atoms with Crippen LogP contribution in [0.4, 0.5) is 5.82 Å². The van der Waals surface area contributed by atoms with Gasteiger partial charge in [-0.25, -0.2) is 14.8 Å². The summed E-state index contributed by atoms with van der Waals surface area (Å²) < 4.78 is 4.61. The number of ether oxygens (including phenoxy) is 1. The van der Waals surface area contributed by atoms with Crippen molar-refractivity contribution < 1.29 is 9.53 Å². The first-order valence-corrected chi connectivity index (χ1v) is 6.57. The molecule has 1 aliphatic rings. The molecule has 1 saturated heterocycles. The smallest absolute Gasteiger partial charge is 0.358 e. The fourth-order valence-corrected chi connectivity index (χ4v) is 2.37. The first kappa shape index (κ1) is 13.8. The number of hydrogen-bond acceptors (Lipinski definition) is 5. The predicted octanol–water partition coefficient (Wildman–Crippen LogP) is 2.14. The van der Waals surface area contributed by atoms with Gasteiger partial charge in [-0.3, -0.25) is 0 Å². The fourth-order valence-electron chi connectivity index (χ4n) is 2.37. The van der Waals surface area contributed by atoms with Crippen molar-refractivity contribution in [2.45, 2.75) is 27.2 Å². The standard InChI is InChI=1S/C14H21N3O2/c1-14(2,3)10-5-6-17(9-10)12-8-15-11(7-16-12)13(18)19-4/h7-8,10H,5-6,9H2,1-4H3. The molecule has 5 heteroatoms. The molecule has 0 aliphatic carbocycles. The first-order valence-electron chi connectivity index (χ1n) is 6.57. The summed E-state index contributed by atoms with van der Waals surface area (Å²) >= 11 is 0. The number of nitrogens with zero attached hydrogens (tertiary/aromatic N) is 3. The van der Waals surface area contributed by atoms with Gasteiger partial charge in [0.05, 0.1) is 19.5 Å². The Morgan fingerprint density at radius 1 is 1.37 bits per heavy atom. The number of esters is 1. The highest BCUT2D eigenvalue weighted by atomic mass is 16.5. The van der Waals surface area contributed by atoms with E-state index in [2.05, 4.69) is 40.4 Å². The van der Waals surface area contributed by atoms with Crippen LogP contribution in [0.15, 0.2) is 12.4 Å². The van der Waals surface area contributed by atoms with Crippen molar-refractivity contribution in [3.05, 3.63) is 18.1 Å². The average Bonchev–Trinajstić information content (AvgIpc) is 2.87. The zero-order valence-corrected chi connectivity index (χ0v) is 12.0. The molecular weight excluding hydrogens is 242 g/mol. The quantitative estimate of drug-likeness (QED) is 0.765. The third kappa shape index (κ3) is 3.03. The predicted molar refractivity (Wildman–Crippen MR) is 73.1 cm³/mol. The summed E-state index contributed by atoms with van der Waals surface area (Å²) in [6, 6.07) is 0. The van der Waals surface area contributed by atoms with Crippen LogP contribution in [-0.2, 0) is 4.74 Å². The third-order valence-corrected chi connectivity index (χ3v) is 3.77. The van der Waals surface area contributed by atoms with Gasteiger partial charge >= 0.3 is 5.97 Å². The normalized spacial score (nSPS) is 19.6. The molecule has 0 aromatic carbocycles. The van der Waals surface area contributed by atoms with Crippen molar-refractivity contribution in [3.63, 3.8) is 0 Å². The molecule has 1 unspecified atom stereocenters. The molecule has 0 saturated carbocycles. The number of methoxy groups -OCH3 is 1. The van der Waals surface area contributed by atoms with Gasteiger partial charge in [0.1, 0.15) is 5.82 Å². The Morgan fingerprint density at radius 3 is 2.58 bits per heavy atom. The average molecular weight is 263 g/mol. The lowest BCUT2D eigenvalue weighted by Crippen LogP contribution is -2.26. The van der Waals surface area contributed by atoms with E-state index in [1.807, 2.05) is 0 Å². The van der Waals surface area contributed by atoms with Crippen LogP contribution in [0, 0.1) is 11.3 Å². The van der Waals surface area contributed by atoms with E-state index >= 15 is 0 Å². The van der Waals surface area contributed by atoms with Gasteiger partial charge in [-0.15, -0.1) is 0 Å². The van der Waals surface area contributed by atoms with E-state index in [1.54, 1.807) is 6.20 Å². The maximum absolute atomic E-state index is 11.3. The van der Waals surface area contributed by atoms with Gasteiger partial charge in [0.25, 0.3) is 0 Å². The molecule has 0 spiro atoms. The summed E-state index contributed by atoms with van der Waals surface area (Å²) in [6.45, 7) is 8.80. The second-order valence-corrected chi connectivity index (χ2v) is 6.05. The summed E-state index contributed by atoms with van der Waals surface area (Å²) in [7, 11) is 1.34. The topological polar surface area (TPSA) is 55.3 Å². The SMILES string of the molecule is COC(=O)c1cnc(N2CCC(C(C)(C)C)C2)cn1. The van der Waals surface area contributed by atoms with E-state index in [-0.39, 0.29) is 5.69 Å². The molecule has 0 radical (unpaired) electrons. The van der Waals surface area contributed by atoms with E-state index in [1.165, 1.54) is 19.7 Å². The molecule has 19 heavy (non-hydrogen) atoms. The molecule has 5 nitrogen and oxygen atoms in total. The summed E-state index contributed by atoms with van der Waals surface area (Å²) in [5.41, 5.74) is 0.562. The van der Waals surface area contributed by atoms with Crippen LogP contribution in [0.5, 0.6) is 0 Å². The molecule has 0 bridgehead atoms. The molecule has 0 N–H and O–H groups in total. The van der Waals surface area contributed by atoms with E-state index in [9.17, 15) is 4.79 Å². The highest BCUT2D eigenvalue weighted by molar-refractivity contribution is 5.86. The molecule has 1 atom stereocenters. The van der Waals surface area contributed by atoms with Gasteiger partial charge in [0, 0.05) is 13.1 Å². The number of carbonyl (C=O) groups is 1. The van der Waals surface area contributed by atoms with E-state index in [0.29, 0.717) is 11.3 Å². The molecule has 104 valence electrons. The zero-order chi connectivity index (χ0) is 14.0. The largest absolute Gasteiger partial charge is 0.464 e. The highest BCUT2D eigenvalue weighted by Gasteiger charge is 2.32. The maximum atomic E-state index is 11.3. The van der Waals surface area contributed by atoms with Crippen molar-refractivity contribution in [2.24, 2.45) is 11.3 Å². The second kappa shape index (κ2) is 5.15. The molecule has 2 rings (SSSR count). The Balaban J connectivity index is 2.06. The van der Waals surface area contributed by atoms with Crippen LogP contribution in [0.1, 0.15) is 37.7 Å². The van der Waals surface area contributed by atoms with Gasteiger partial charge < -0.3 is 9.64 Å². The van der Waals surface area contributed by atoms with Gasteiger partial charge in [-0.1, -0.05) is 20.8 Å². The number of anilines is 1. The number of hydrogen-bond donors (Lipinski definition) is 0. The number of rotatable bonds is 2. The molecule has 1 aliphatic heterocycles. The molecule has 1 aromatic heterocycles. The lowest BCUT2D eigenvalue weighted by molar-refractivity contribution is 0.0593. The van der Waals surface area contributed by atoms with Crippen molar-refractivity contribution in [3.8, 4) is 0 Å². The third-order valence-electron chi connectivity index (χ3n) is 3.77. The summed E-state index contributed by atoms with van der Waals surface area (Å²) in [4.78, 5) is 21.9. The van der Waals surface area contributed by atoms with Crippen molar-refractivity contribution in [1.82, 2.24) is 9.97 Å². The fraction of sp³-hybridized carbons (Fsp3) is 0.643. The van der Waals surface area contributed by atoms with Crippen LogP contribution >= 0.6 is 0 Å². The summed E-state index contributed by atoms with van der Waals surface area (Å²) in [5.74, 6) is 1.04. The van der Waals surface area contributed by atoms with Crippen LogP contribution in [0.3, 0.4) is 0 Å². The lowest BCUT2D eigenvalue weighted by atomic mass is 9.80. The van der Waals surface area contributed by atoms with Crippen molar-refractivity contribution in [2.75, 3.05) is 25.1 Å².